The van der Waals surface area contributed by atoms with Crippen molar-refractivity contribution < 1.29 is 30.7 Å². The molecule has 0 aliphatic rings. The van der Waals surface area contributed by atoms with E-state index in [-0.39, 0.29) is 22.7 Å². The van der Waals surface area contributed by atoms with E-state index in [1.807, 2.05) is 0 Å². The maximum atomic E-state index is 13.4. The summed E-state index contributed by atoms with van der Waals surface area (Å²) in [6.07, 6.45) is 0. The van der Waals surface area contributed by atoms with Crippen LogP contribution in [0, 0.1) is 19.3 Å². The van der Waals surface area contributed by atoms with E-state index in [2.05, 4.69) is 4.85 Å². The normalized spacial score (nSPS) is 11.9. The Morgan fingerprint density at radius 1 is 1.20 bits per heavy atom. The third-order valence-corrected chi connectivity index (χ3v) is 5.24. The fraction of sp³-hybridized carbons (Fsp3) is 0.133. The first-order valence-corrected chi connectivity index (χ1v) is 8.30. The van der Waals surface area contributed by atoms with Crippen molar-refractivity contribution in [1.29, 1.82) is 0 Å². The predicted octanol–water partition coefficient (Wildman–Crippen LogP) is 5.42. The van der Waals surface area contributed by atoms with Crippen LogP contribution < -0.4 is 4.74 Å². The highest BCUT2D eigenvalue weighted by atomic mass is 35.5. The Hall–Kier alpha value is -2.31. The van der Waals surface area contributed by atoms with Gasteiger partial charge in [0.2, 0.25) is 0 Å². The molecule has 0 unspecified atom stereocenters. The van der Waals surface area contributed by atoms with Crippen LogP contribution in [-0.4, -0.2) is 13.9 Å². The van der Waals surface area contributed by atoms with Gasteiger partial charge < -0.3 is 4.74 Å². The Balaban J connectivity index is 2.49. The van der Waals surface area contributed by atoms with Crippen molar-refractivity contribution in [2.24, 2.45) is 0 Å². The number of nitrogens with zero attached hydrogens (tertiary/aromatic N) is 1. The van der Waals surface area contributed by atoms with Gasteiger partial charge in [-0.1, -0.05) is 11.6 Å². The Morgan fingerprint density at radius 3 is 2.40 bits per heavy atom. The number of alkyl halides is 3. The van der Waals surface area contributed by atoms with Crippen LogP contribution in [-0.2, 0) is 9.84 Å². The van der Waals surface area contributed by atoms with Gasteiger partial charge in [-0.2, -0.15) is 13.2 Å². The first-order chi connectivity index (χ1) is 11.5. The number of ether oxygens (including phenoxy) is 1. The molecule has 0 radical (unpaired) electrons. The fourth-order valence-electron chi connectivity index (χ4n) is 1.88. The Morgan fingerprint density at radius 2 is 1.84 bits per heavy atom. The number of hydrogen-bond donors (Lipinski definition) is 0. The van der Waals surface area contributed by atoms with E-state index < -0.39 is 31.1 Å². The highest BCUT2D eigenvalue weighted by Gasteiger charge is 2.48. The minimum absolute atomic E-state index is 0.0463. The molecule has 0 aliphatic heterocycles. The summed E-state index contributed by atoms with van der Waals surface area (Å²) in [6, 6.07) is 4.77. The molecule has 25 heavy (non-hydrogen) atoms. The van der Waals surface area contributed by atoms with Crippen molar-refractivity contribution in [1.82, 2.24) is 0 Å². The third-order valence-electron chi connectivity index (χ3n) is 3.11. The molecule has 0 aliphatic carbocycles. The molecule has 2 aromatic rings. The van der Waals surface area contributed by atoms with Gasteiger partial charge in [0.05, 0.1) is 16.5 Å². The predicted molar refractivity (Wildman–Crippen MR) is 82.2 cm³/mol. The second kappa shape index (κ2) is 6.54. The van der Waals surface area contributed by atoms with Crippen LogP contribution in [0.4, 0.5) is 23.2 Å². The Labute approximate surface area is 145 Å². The average Bonchev–Trinajstić information content (AvgIpc) is 2.50. The molecule has 0 spiro atoms. The second-order valence-corrected chi connectivity index (χ2v) is 7.10. The van der Waals surface area contributed by atoms with Crippen molar-refractivity contribution in [3.8, 4) is 11.5 Å². The molecule has 10 heteroatoms. The summed E-state index contributed by atoms with van der Waals surface area (Å²) >= 11 is 5.76. The number of benzene rings is 2. The van der Waals surface area contributed by atoms with Gasteiger partial charge in [0.1, 0.15) is 17.3 Å². The van der Waals surface area contributed by atoms with E-state index in [1.165, 1.54) is 13.0 Å². The summed E-state index contributed by atoms with van der Waals surface area (Å²) in [4.78, 5) is 1.94. The van der Waals surface area contributed by atoms with Crippen LogP contribution in [0.5, 0.6) is 11.5 Å². The van der Waals surface area contributed by atoms with Gasteiger partial charge in [-0.3, -0.25) is 0 Å². The lowest BCUT2D eigenvalue weighted by molar-refractivity contribution is -0.0436. The Bertz CT molecular complexity index is 981. The fourth-order valence-corrected chi connectivity index (χ4v) is 3.23. The zero-order valence-corrected chi connectivity index (χ0v) is 13.9. The van der Waals surface area contributed by atoms with Gasteiger partial charge in [-0.25, -0.2) is 17.7 Å². The van der Waals surface area contributed by atoms with Crippen LogP contribution >= 0.6 is 11.6 Å². The van der Waals surface area contributed by atoms with E-state index >= 15 is 0 Å². The zero-order valence-electron chi connectivity index (χ0n) is 12.4. The number of sulfone groups is 1. The van der Waals surface area contributed by atoms with Crippen molar-refractivity contribution in [2.75, 3.05) is 0 Å². The summed E-state index contributed by atoms with van der Waals surface area (Å²) in [5.41, 5.74) is -5.63. The molecule has 0 aromatic heterocycles. The quantitative estimate of drug-likeness (QED) is 0.516. The van der Waals surface area contributed by atoms with Gasteiger partial charge in [0.15, 0.2) is 5.69 Å². The molecule has 0 saturated carbocycles. The van der Waals surface area contributed by atoms with Crippen molar-refractivity contribution >= 4 is 27.1 Å². The molecule has 2 aromatic carbocycles. The molecule has 2 rings (SSSR count). The highest BCUT2D eigenvalue weighted by Crippen LogP contribution is 2.39. The van der Waals surface area contributed by atoms with E-state index in [0.717, 1.165) is 18.2 Å². The van der Waals surface area contributed by atoms with Gasteiger partial charge in [0, 0.05) is 11.6 Å². The first-order valence-electron chi connectivity index (χ1n) is 6.43. The largest absolute Gasteiger partial charge is 0.501 e. The topological polar surface area (TPSA) is 47.7 Å². The molecule has 0 fully saturated rings. The Kier molecular flexibility index (Phi) is 4.97. The molecule has 0 heterocycles. The SMILES string of the molecule is [C-]#[N+]c1cc(F)cc(Oc2ccc(S(=O)(=O)C(F)(F)F)c(Cl)c2C)c1. The van der Waals surface area contributed by atoms with Gasteiger partial charge in [-0.05, 0) is 31.2 Å². The molecule has 0 atom stereocenters. The van der Waals surface area contributed by atoms with E-state index in [1.54, 1.807) is 0 Å². The van der Waals surface area contributed by atoms with Crippen LogP contribution in [0.2, 0.25) is 5.02 Å². The van der Waals surface area contributed by atoms with Crippen LogP contribution in [0.1, 0.15) is 5.56 Å². The molecule has 0 saturated heterocycles. The van der Waals surface area contributed by atoms with Crippen LogP contribution in [0.25, 0.3) is 4.85 Å². The molecular formula is C15H8ClF4NO3S. The zero-order chi connectivity index (χ0) is 19.0. The molecule has 0 bridgehead atoms. The van der Waals surface area contributed by atoms with Gasteiger partial charge >= 0.3 is 5.51 Å². The molecule has 0 amide bonds. The monoisotopic (exact) mass is 393 g/mol. The van der Waals surface area contributed by atoms with Gasteiger partial charge in [-0.15, -0.1) is 0 Å². The van der Waals surface area contributed by atoms with Crippen molar-refractivity contribution in [2.45, 2.75) is 17.3 Å². The minimum Gasteiger partial charge on any atom is -0.458 e. The first kappa shape index (κ1) is 19.0. The number of hydrogen-bond acceptors (Lipinski definition) is 3. The second-order valence-electron chi connectivity index (χ2n) is 4.81. The summed E-state index contributed by atoms with van der Waals surface area (Å²) < 4.78 is 79.7. The van der Waals surface area contributed by atoms with Crippen molar-refractivity contribution in [3.05, 3.63) is 58.2 Å². The lowest BCUT2D eigenvalue weighted by Crippen LogP contribution is -2.23. The maximum Gasteiger partial charge on any atom is 0.501 e. The lowest BCUT2D eigenvalue weighted by Gasteiger charge is -2.14. The van der Waals surface area contributed by atoms with Crippen LogP contribution in [0.3, 0.4) is 0 Å². The van der Waals surface area contributed by atoms with E-state index in [4.69, 9.17) is 22.9 Å². The maximum absolute atomic E-state index is 13.4. The summed E-state index contributed by atoms with van der Waals surface area (Å²) in [6.45, 7) is 8.11. The number of halogens is 5. The third kappa shape index (κ3) is 3.70. The van der Waals surface area contributed by atoms with E-state index in [9.17, 15) is 26.0 Å². The number of rotatable bonds is 3. The van der Waals surface area contributed by atoms with Crippen molar-refractivity contribution in [3.63, 3.8) is 0 Å². The average molecular weight is 394 g/mol. The molecule has 0 N–H and O–H groups in total. The summed E-state index contributed by atoms with van der Waals surface area (Å²) in [7, 11) is -5.62. The summed E-state index contributed by atoms with van der Waals surface area (Å²) in [5.74, 6) is -0.909. The molecular weight excluding hydrogens is 386 g/mol. The van der Waals surface area contributed by atoms with E-state index in [0.29, 0.717) is 6.07 Å². The lowest BCUT2D eigenvalue weighted by atomic mass is 10.2. The molecule has 4 nitrogen and oxygen atoms in total. The van der Waals surface area contributed by atoms with Crippen LogP contribution in [0.15, 0.2) is 35.2 Å². The van der Waals surface area contributed by atoms with Gasteiger partial charge in [0.25, 0.3) is 9.84 Å². The highest BCUT2D eigenvalue weighted by molar-refractivity contribution is 7.92. The minimum atomic E-state index is -5.62. The smallest absolute Gasteiger partial charge is 0.458 e. The molecule has 132 valence electrons. The standard InChI is InChI=1S/C15H8ClF4NO3S/c1-8-12(24-11-6-9(17)5-10(7-11)21-2)3-4-13(14(8)16)25(22,23)15(18,19)20/h3-7H,1H3. The summed E-state index contributed by atoms with van der Waals surface area (Å²) in [5, 5.41) is -0.656.